The molecule has 0 atom stereocenters. The lowest BCUT2D eigenvalue weighted by atomic mass is 11.4. The normalized spacial score (nSPS) is 11.2. The molecule has 0 aliphatic carbocycles. The Labute approximate surface area is 49.7 Å². The van der Waals surface area contributed by atoms with E-state index in [1.807, 2.05) is 0 Å². The van der Waals surface area contributed by atoms with E-state index in [2.05, 4.69) is 5.73 Å². The van der Waals surface area contributed by atoms with E-state index in [4.69, 9.17) is 15.2 Å². The molecule has 5 N–H and O–H groups in total. The van der Waals surface area contributed by atoms with E-state index in [1.54, 1.807) is 0 Å². The molecule has 0 bridgehead atoms. The summed E-state index contributed by atoms with van der Waals surface area (Å²) >= 11 is 0.0394. The molecule has 0 amide bonds. The number of rotatable bonds is 1. The molecule has 5 nitrogen and oxygen atoms in total. The van der Waals surface area contributed by atoms with Gasteiger partial charge in [0, 0.05) is 11.4 Å². The van der Waals surface area contributed by atoms with Crippen LogP contribution in [0.25, 0.3) is 0 Å². The molecule has 0 aromatic rings. The van der Waals surface area contributed by atoms with Crippen molar-refractivity contribution in [3.05, 3.63) is 0 Å². The second-order valence-electron chi connectivity index (χ2n) is 0.946. The fourth-order valence-electron chi connectivity index (χ4n) is 0.128. The van der Waals surface area contributed by atoms with Gasteiger partial charge < -0.3 is 15.5 Å². The Morgan fingerprint density at radius 2 is 2.12 bits per heavy atom. The van der Waals surface area contributed by atoms with E-state index in [-0.39, 0.29) is 11.4 Å². The lowest BCUT2D eigenvalue weighted by molar-refractivity contribution is 0.397. The Kier molecular flexibility index (Phi) is 2.49. The fourth-order valence-corrected chi connectivity index (χ4v) is 1.15. The maximum Gasteiger partial charge on any atom is 0.391 e. The summed E-state index contributed by atoms with van der Waals surface area (Å²) in [5, 5.41) is 5.83. The van der Waals surface area contributed by atoms with Gasteiger partial charge in [0.15, 0.2) is 5.17 Å². The molecule has 0 fully saturated rings. The van der Waals surface area contributed by atoms with Gasteiger partial charge in [0.05, 0.1) is 0 Å². The minimum Gasteiger partial charge on any atom is -0.378 e. The van der Waals surface area contributed by atoms with Crippen molar-refractivity contribution >= 4 is 23.3 Å². The lowest BCUT2D eigenvalue weighted by Gasteiger charge is -1.97. The topological polar surface area (TPSA) is 107 Å². The van der Waals surface area contributed by atoms with Gasteiger partial charge in [-0.3, -0.25) is 5.41 Å². The van der Waals surface area contributed by atoms with Gasteiger partial charge in [0.1, 0.15) is 0 Å². The molecule has 0 heterocycles. The number of amidine groups is 1. The van der Waals surface area contributed by atoms with E-state index < -0.39 is 12.0 Å². The zero-order chi connectivity index (χ0) is 6.78. The smallest absolute Gasteiger partial charge is 0.378 e. The van der Waals surface area contributed by atoms with Crippen molar-refractivity contribution in [2.24, 2.45) is 5.73 Å². The number of nitrogens with two attached hydrogens (primary N) is 1. The molecule has 0 rings (SSSR count). The first-order valence-electron chi connectivity index (χ1n) is 1.51. The maximum absolute atomic E-state index is 9.88. The van der Waals surface area contributed by atoms with Crippen LogP contribution in [0.4, 0.5) is 0 Å². The van der Waals surface area contributed by atoms with Crippen LogP contribution in [-0.4, -0.2) is 15.0 Å². The van der Waals surface area contributed by atoms with Crippen LogP contribution in [0.1, 0.15) is 0 Å². The second kappa shape index (κ2) is 2.50. The van der Waals surface area contributed by atoms with Crippen LogP contribution in [0, 0.1) is 5.41 Å². The van der Waals surface area contributed by atoms with Crippen LogP contribution in [-0.2, 0) is 4.57 Å². The van der Waals surface area contributed by atoms with E-state index in [0.717, 1.165) is 0 Å². The standard InChI is InChI=1S/CH5N2O3PS/c2-1(3)8-7(4,5)6/h(H3,2,3)(H2,4,5,6). The second-order valence-corrected chi connectivity index (χ2v) is 4.52. The van der Waals surface area contributed by atoms with Gasteiger partial charge in [-0.2, -0.15) is 0 Å². The van der Waals surface area contributed by atoms with E-state index >= 15 is 0 Å². The third-order valence-electron chi connectivity index (χ3n) is 0.217. The average Bonchev–Trinajstić information content (AvgIpc) is 1.21. The van der Waals surface area contributed by atoms with Crippen LogP contribution in [0.15, 0.2) is 0 Å². The highest BCUT2D eigenvalue weighted by molar-refractivity contribution is 8.62. The molecule has 0 saturated heterocycles. The molecule has 0 spiro atoms. The van der Waals surface area contributed by atoms with Crippen LogP contribution in [0.5, 0.6) is 0 Å². The predicted octanol–water partition coefficient (Wildman–Crippen LogP) is -0.294. The van der Waals surface area contributed by atoms with Crippen LogP contribution in [0.2, 0.25) is 0 Å². The van der Waals surface area contributed by atoms with Gasteiger partial charge in [-0.05, 0) is 0 Å². The van der Waals surface area contributed by atoms with Gasteiger partial charge in [-0.15, -0.1) is 0 Å². The Hall–Kier alpha value is -0.0300. The molecule has 0 aromatic heterocycles. The molecule has 0 saturated carbocycles. The van der Waals surface area contributed by atoms with Gasteiger partial charge in [0.2, 0.25) is 0 Å². The van der Waals surface area contributed by atoms with Crippen molar-refractivity contribution in [3.63, 3.8) is 0 Å². The first-order valence-corrected chi connectivity index (χ1v) is 4.54. The molecule has 8 heavy (non-hydrogen) atoms. The van der Waals surface area contributed by atoms with Crippen LogP contribution >= 0.6 is 18.2 Å². The molecule has 48 valence electrons. The van der Waals surface area contributed by atoms with E-state index in [1.165, 1.54) is 0 Å². The van der Waals surface area contributed by atoms with Gasteiger partial charge in [0.25, 0.3) is 0 Å². The van der Waals surface area contributed by atoms with Crippen molar-refractivity contribution in [2.75, 3.05) is 0 Å². The predicted molar refractivity (Wildman–Crippen MR) is 31.5 cm³/mol. The Morgan fingerprint density at radius 1 is 1.75 bits per heavy atom. The minimum absolute atomic E-state index is 0.0394. The van der Waals surface area contributed by atoms with Gasteiger partial charge in [-0.1, -0.05) is 0 Å². The number of nitrogens with one attached hydrogen (secondary N) is 1. The molecule has 0 aliphatic rings. The minimum atomic E-state index is -4.15. The third kappa shape index (κ3) is 5.97. The lowest BCUT2D eigenvalue weighted by Crippen LogP contribution is -2.02. The first-order chi connectivity index (χ1) is 3.42. The molecule has 0 aliphatic heterocycles. The fraction of sp³-hybridized carbons (Fsp3) is 0. The van der Waals surface area contributed by atoms with Crippen molar-refractivity contribution in [2.45, 2.75) is 0 Å². The summed E-state index contributed by atoms with van der Waals surface area (Å²) in [6.07, 6.45) is 0. The SMILES string of the molecule is N=C(N)SP(=O)(O)O. The summed E-state index contributed by atoms with van der Waals surface area (Å²) in [6, 6.07) is 0. The summed E-state index contributed by atoms with van der Waals surface area (Å²) in [6.45, 7) is -4.15. The van der Waals surface area contributed by atoms with Crippen molar-refractivity contribution in [3.8, 4) is 0 Å². The number of hydrogen-bond donors (Lipinski definition) is 4. The van der Waals surface area contributed by atoms with E-state index in [0.29, 0.717) is 0 Å². The van der Waals surface area contributed by atoms with Crippen LogP contribution < -0.4 is 5.73 Å². The Morgan fingerprint density at radius 3 is 2.12 bits per heavy atom. The van der Waals surface area contributed by atoms with Gasteiger partial charge in [-0.25, -0.2) is 4.57 Å². The maximum atomic E-state index is 9.88. The van der Waals surface area contributed by atoms with Crippen molar-refractivity contribution in [1.82, 2.24) is 0 Å². The van der Waals surface area contributed by atoms with Crippen molar-refractivity contribution in [1.29, 1.82) is 5.41 Å². The van der Waals surface area contributed by atoms with E-state index in [9.17, 15) is 4.57 Å². The largest absolute Gasteiger partial charge is 0.391 e. The molecule has 7 heteroatoms. The zero-order valence-electron chi connectivity index (χ0n) is 3.74. The summed E-state index contributed by atoms with van der Waals surface area (Å²) in [7, 11) is 0. The summed E-state index contributed by atoms with van der Waals surface area (Å²) in [5.74, 6) is 0. The molecular weight excluding hydrogens is 151 g/mol. The van der Waals surface area contributed by atoms with Crippen LogP contribution in [0.3, 0.4) is 0 Å². The highest BCUT2D eigenvalue weighted by atomic mass is 32.7. The molecule has 0 unspecified atom stereocenters. The highest BCUT2D eigenvalue weighted by Crippen LogP contribution is 2.49. The monoisotopic (exact) mass is 156 g/mol. The first kappa shape index (κ1) is 7.97. The summed E-state index contributed by atoms with van der Waals surface area (Å²) in [4.78, 5) is 16.1. The molecular formula is CH5N2O3PS. The average molecular weight is 156 g/mol. The highest BCUT2D eigenvalue weighted by Gasteiger charge is 2.14. The third-order valence-corrected chi connectivity index (χ3v) is 1.96. The zero-order valence-corrected chi connectivity index (χ0v) is 5.45. The Balaban J connectivity index is 3.74. The Bertz CT molecular complexity index is 140. The quantitative estimate of drug-likeness (QED) is 0.237. The number of hydrogen-bond acceptors (Lipinski definition) is 3. The molecule has 0 radical (unpaired) electrons. The van der Waals surface area contributed by atoms with Gasteiger partial charge >= 0.3 is 6.80 Å². The summed E-state index contributed by atoms with van der Waals surface area (Å²) in [5.41, 5.74) is 4.63. The summed E-state index contributed by atoms with van der Waals surface area (Å²) < 4.78 is 9.88. The van der Waals surface area contributed by atoms with Crippen molar-refractivity contribution < 1.29 is 14.4 Å². The molecule has 0 aromatic carbocycles.